The molecule has 1 N–H and O–H groups in total. The lowest BCUT2D eigenvalue weighted by Gasteiger charge is -2.19. The Kier molecular flexibility index (Phi) is 5.55. The molecule has 0 aliphatic rings. The van der Waals surface area contributed by atoms with Crippen LogP contribution in [-0.4, -0.2) is 12.5 Å². The number of aryl methyl sites for hydroxylation is 2. The van der Waals surface area contributed by atoms with Crippen molar-refractivity contribution in [2.75, 3.05) is 11.9 Å². The Morgan fingerprint density at radius 3 is 2.12 bits per heavy atom. The van der Waals surface area contributed by atoms with Gasteiger partial charge in [-0.05, 0) is 60.2 Å². The third kappa shape index (κ3) is 4.75. The topological polar surface area (TPSA) is 38.3 Å². The Bertz CT molecular complexity index is 707. The molecule has 0 aromatic heterocycles. The predicted molar refractivity (Wildman–Crippen MR) is 100 cm³/mol. The molecule has 0 saturated carbocycles. The largest absolute Gasteiger partial charge is 0.483 e. The summed E-state index contributed by atoms with van der Waals surface area (Å²) in [6.07, 6.45) is 0. The molecule has 2 aromatic rings. The van der Waals surface area contributed by atoms with Gasteiger partial charge in [0.15, 0.2) is 6.61 Å². The van der Waals surface area contributed by atoms with Gasteiger partial charge in [-0.1, -0.05) is 44.5 Å². The fourth-order valence-electron chi connectivity index (χ4n) is 2.51. The number of anilines is 1. The van der Waals surface area contributed by atoms with Crippen molar-refractivity contribution in [1.82, 2.24) is 0 Å². The van der Waals surface area contributed by atoms with Crippen molar-refractivity contribution >= 4 is 23.2 Å². The zero-order chi connectivity index (χ0) is 17.9. The fraction of sp³-hybridized carbons (Fsp3) is 0.350. The van der Waals surface area contributed by atoms with Crippen molar-refractivity contribution in [2.24, 2.45) is 0 Å². The monoisotopic (exact) mass is 345 g/mol. The fourth-order valence-corrected chi connectivity index (χ4v) is 2.84. The first-order valence-corrected chi connectivity index (χ1v) is 8.34. The van der Waals surface area contributed by atoms with Gasteiger partial charge in [-0.2, -0.15) is 0 Å². The summed E-state index contributed by atoms with van der Waals surface area (Å²) in [5, 5.41) is 3.52. The average Bonchev–Trinajstić information content (AvgIpc) is 2.45. The van der Waals surface area contributed by atoms with Crippen molar-refractivity contribution in [3.8, 4) is 5.75 Å². The third-order valence-electron chi connectivity index (χ3n) is 3.81. The Hall–Kier alpha value is -2.00. The summed E-state index contributed by atoms with van der Waals surface area (Å²) in [5.74, 6) is 0.518. The van der Waals surface area contributed by atoms with E-state index in [1.54, 1.807) is 0 Å². The molecule has 0 aliphatic heterocycles. The van der Waals surface area contributed by atoms with Gasteiger partial charge in [0.2, 0.25) is 0 Å². The zero-order valence-corrected chi connectivity index (χ0v) is 15.6. The molecule has 0 atom stereocenters. The van der Waals surface area contributed by atoms with Crippen LogP contribution in [0.1, 0.15) is 37.5 Å². The molecule has 4 heteroatoms. The summed E-state index contributed by atoms with van der Waals surface area (Å²) in [5.41, 5.74) is 3.92. The van der Waals surface area contributed by atoms with E-state index in [0.29, 0.717) is 10.8 Å². The van der Waals surface area contributed by atoms with E-state index in [0.717, 1.165) is 16.8 Å². The van der Waals surface area contributed by atoms with Crippen LogP contribution in [0, 0.1) is 13.8 Å². The molecule has 2 aromatic carbocycles. The van der Waals surface area contributed by atoms with Crippen LogP contribution in [-0.2, 0) is 10.2 Å². The number of carbonyl (C=O) groups is 1. The highest BCUT2D eigenvalue weighted by atomic mass is 35.5. The van der Waals surface area contributed by atoms with E-state index in [1.165, 1.54) is 5.56 Å². The molecule has 0 unspecified atom stereocenters. The lowest BCUT2D eigenvalue weighted by atomic mass is 9.87. The molecule has 0 fully saturated rings. The van der Waals surface area contributed by atoms with Gasteiger partial charge in [0, 0.05) is 10.7 Å². The van der Waals surface area contributed by atoms with Crippen molar-refractivity contribution in [3.63, 3.8) is 0 Å². The zero-order valence-electron chi connectivity index (χ0n) is 14.9. The normalized spacial score (nSPS) is 11.2. The first kappa shape index (κ1) is 18.3. The van der Waals surface area contributed by atoms with Crippen molar-refractivity contribution in [3.05, 3.63) is 58.1 Å². The number of rotatable bonds is 4. The molecule has 0 bridgehead atoms. The van der Waals surface area contributed by atoms with E-state index >= 15 is 0 Å². The number of amides is 1. The Morgan fingerprint density at radius 1 is 1.08 bits per heavy atom. The van der Waals surface area contributed by atoms with E-state index in [2.05, 4.69) is 26.1 Å². The number of halogens is 1. The van der Waals surface area contributed by atoms with Crippen LogP contribution >= 0.6 is 11.6 Å². The van der Waals surface area contributed by atoms with Crippen LogP contribution in [0.5, 0.6) is 5.75 Å². The quantitative estimate of drug-likeness (QED) is 0.819. The van der Waals surface area contributed by atoms with E-state index in [1.807, 2.05) is 50.2 Å². The molecule has 3 nitrogen and oxygen atoms in total. The van der Waals surface area contributed by atoms with E-state index in [9.17, 15) is 4.79 Å². The highest BCUT2D eigenvalue weighted by Crippen LogP contribution is 2.27. The molecular formula is C20H24ClNO2. The summed E-state index contributed by atoms with van der Waals surface area (Å²) in [7, 11) is 0. The maximum Gasteiger partial charge on any atom is 0.262 e. The number of hydrogen-bond acceptors (Lipinski definition) is 2. The lowest BCUT2D eigenvalue weighted by Crippen LogP contribution is -2.21. The smallest absolute Gasteiger partial charge is 0.262 e. The minimum Gasteiger partial charge on any atom is -0.483 e. The van der Waals surface area contributed by atoms with Crippen LogP contribution in [0.3, 0.4) is 0 Å². The summed E-state index contributed by atoms with van der Waals surface area (Å²) in [6.45, 7) is 10.3. The van der Waals surface area contributed by atoms with Crippen LogP contribution in [0.2, 0.25) is 5.02 Å². The highest BCUT2D eigenvalue weighted by molar-refractivity contribution is 6.30. The highest BCUT2D eigenvalue weighted by Gasteiger charge is 2.13. The summed E-state index contributed by atoms with van der Waals surface area (Å²) < 4.78 is 5.66. The molecule has 0 heterocycles. The van der Waals surface area contributed by atoms with E-state index in [4.69, 9.17) is 16.3 Å². The second-order valence-corrected chi connectivity index (χ2v) is 7.47. The van der Waals surface area contributed by atoms with Gasteiger partial charge < -0.3 is 10.1 Å². The molecule has 128 valence electrons. The van der Waals surface area contributed by atoms with Crippen molar-refractivity contribution in [2.45, 2.75) is 40.0 Å². The average molecular weight is 346 g/mol. The minimum absolute atomic E-state index is 0.0374. The van der Waals surface area contributed by atoms with Gasteiger partial charge in [-0.15, -0.1) is 0 Å². The molecule has 0 saturated heterocycles. The molecule has 24 heavy (non-hydrogen) atoms. The van der Waals surface area contributed by atoms with Crippen molar-refractivity contribution < 1.29 is 9.53 Å². The van der Waals surface area contributed by atoms with Gasteiger partial charge in [0.1, 0.15) is 5.75 Å². The number of nitrogens with one attached hydrogen (secondary N) is 1. The van der Waals surface area contributed by atoms with Crippen LogP contribution < -0.4 is 10.1 Å². The van der Waals surface area contributed by atoms with Gasteiger partial charge in [-0.3, -0.25) is 4.79 Å². The predicted octanol–water partition coefficient (Wildman–Crippen LogP) is 5.27. The summed E-state index contributed by atoms with van der Waals surface area (Å²) in [4.78, 5) is 12.1. The van der Waals surface area contributed by atoms with Crippen LogP contribution in [0.25, 0.3) is 0 Å². The Morgan fingerprint density at radius 2 is 1.62 bits per heavy atom. The standard InChI is InChI=1S/C20H24ClNO2/c1-13-10-16(21)11-14(2)19(13)24-12-18(23)22-17-8-6-15(7-9-17)20(3,4)5/h6-11H,12H2,1-5H3,(H,22,23). The van der Waals surface area contributed by atoms with Crippen LogP contribution in [0.4, 0.5) is 5.69 Å². The van der Waals surface area contributed by atoms with E-state index < -0.39 is 0 Å². The molecule has 0 radical (unpaired) electrons. The molecule has 2 rings (SSSR count). The van der Waals surface area contributed by atoms with Crippen molar-refractivity contribution in [1.29, 1.82) is 0 Å². The van der Waals surface area contributed by atoms with Gasteiger partial charge in [0.05, 0.1) is 0 Å². The molecule has 1 amide bonds. The lowest BCUT2D eigenvalue weighted by molar-refractivity contribution is -0.118. The first-order chi connectivity index (χ1) is 11.2. The molecule has 0 spiro atoms. The maximum atomic E-state index is 12.1. The van der Waals surface area contributed by atoms with Gasteiger partial charge in [-0.25, -0.2) is 0 Å². The Labute approximate surface area is 149 Å². The number of carbonyl (C=O) groups excluding carboxylic acids is 1. The Balaban J connectivity index is 1.97. The number of hydrogen-bond donors (Lipinski definition) is 1. The van der Waals surface area contributed by atoms with E-state index in [-0.39, 0.29) is 17.9 Å². The first-order valence-electron chi connectivity index (χ1n) is 7.97. The second-order valence-electron chi connectivity index (χ2n) is 7.03. The van der Waals surface area contributed by atoms with Crippen LogP contribution in [0.15, 0.2) is 36.4 Å². The minimum atomic E-state index is -0.188. The summed E-state index contributed by atoms with van der Waals surface area (Å²) in [6, 6.07) is 11.5. The molecule has 0 aliphatic carbocycles. The van der Waals surface area contributed by atoms with Gasteiger partial charge >= 0.3 is 0 Å². The molecular weight excluding hydrogens is 322 g/mol. The number of ether oxygens (including phenoxy) is 1. The maximum absolute atomic E-state index is 12.1. The number of benzene rings is 2. The summed E-state index contributed by atoms with van der Waals surface area (Å²) >= 11 is 6.00. The van der Waals surface area contributed by atoms with Gasteiger partial charge in [0.25, 0.3) is 5.91 Å². The SMILES string of the molecule is Cc1cc(Cl)cc(C)c1OCC(=O)Nc1ccc(C(C)(C)C)cc1. The third-order valence-corrected chi connectivity index (χ3v) is 4.03. The second kappa shape index (κ2) is 7.27.